The van der Waals surface area contributed by atoms with Crippen LogP contribution in [0.3, 0.4) is 0 Å². The summed E-state index contributed by atoms with van der Waals surface area (Å²) in [7, 11) is -2.08. The van der Waals surface area contributed by atoms with Gasteiger partial charge < -0.3 is 10.1 Å². The third-order valence-electron chi connectivity index (χ3n) is 4.23. The Morgan fingerprint density at radius 1 is 1.24 bits per heavy atom. The lowest BCUT2D eigenvalue weighted by atomic mass is 10.1. The number of para-hydroxylation sites is 1. The molecule has 1 aromatic heterocycles. The summed E-state index contributed by atoms with van der Waals surface area (Å²) >= 11 is 0. The lowest BCUT2D eigenvalue weighted by molar-refractivity contribution is 0.396. The second-order valence-corrected chi connectivity index (χ2v) is 7.71. The van der Waals surface area contributed by atoms with Crippen LogP contribution in [-0.4, -0.2) is 26.5 Å². The molecular formula is C17H18N4O3S. The Morgan fingerprint density at radius 3 is 2.80 bits per heavy atom. The summed E-state index contributed by atoms with van der Waals surface area (Å²) in [5, 5.41) is 3.14. The number of pyridine rings is 1. The van der Waals surface area contributed by atoms with E-state index in [2.05, 4.69) is 20.0 Å². The van der Waals surface area contributed by atoms with Gasteiger partial charge in [-0.3, -0.25) is 0 Å². The summed E-state index contributed by atoms with van der Waals surface area (Å²) in [5.41, 5.74) is 2.37. The van der Waals surface area contributed by atoms with Crippen LogP contribution in [0.1, 0.15) is 30.0 Å². The highest BCUT2D eigenvalue weighted by atomic mass is 32.2. The van der Waals surface area contributed by atoms with Crippen LogP contribution < -0.4 is 14.8 Å². The van der Waals surface area contributed by atoms with Crippen molar-refractivity contribution in [2.45, 2.75) is 30.2 Å². The molecule has 1 aliphatic carbocycles. The van der Waals surface area contributed by atoms with E-state index < -0.39 is 10.0 Å². The Labute approximate surface area is 146 Å². The molecule has 25 heavy (non-hydrogen) atoms. The number of aromatic nitrogens is 1. The number of hydrogen-bond donors (Lipinski definition) is 2. The molecule has 0 radical (unpaired) electrons. The SMILES string of the molecule is COc1cccc(CN=C2Nc3c(C4CC4)cccc3S(=O)(=O)N2)n1. The Balaban J connectivity index is 1.64. The third-order valence-corrected chi connectivity index (χ3v) is 5.61. The van der Waals surface area contributed by atoms with Crippen LogP contribution in [0.4, 0.5) is 5.69 Å². The highest BCUT2D eigenvalue weighted by molar-refractivity contribution is 7.90. The molecule has 4 rings (SSSR count). The molecule has 2 N–H and O–H groups in total. The van der Waals surface area contributed by atoms with E-state index in [-0.39, 0.29) is 17.4 Å². The summed E-state index contributed by atoms with van der Waals surface area (Å²) in [6.45, 7) is 0.239. The van der Waals surface area contributed by atoms with Crippen molar-refractivity contribution < 1.29 is 13.2 Å². The predicted octanol–water partition coefficient (Wildman–Crippen LogP) is 2.23. The van der Waals surface area contributed by atoms with Gasteiger partial charge in [-0.2, -0.15) is 0 Å². The number of aliphatic imine (C=N–C) groups is 1. The molecular weight excluding hydrogens is 340 g/mol. The molecule has 1 saturated carbocycles. The second-order valence-electron chi connectivity index (χ2n) is 6.06. The second kappa shape index (κ2) is 6.03. The summed E-state index contributed by atoms with van der Waals surface area (Å²) in [6.07, 6.45) is 2.18. The molecule has 8 heteroatoms. The summed E-state index contributed by atoms with van der Waals surface area (Å²) in [5.74, 6) is 1.14. The van der Waals surface area contributed by atoms with Crippen LogP contribution in [0, 0.1) is 0 Å². The normalized spacial score (nSPS) is 19.6. The van der Waals surface area contributed by atoms with Gasteiger partial charge in [0.1, 0.15) is 4.90 Å². The van der Waals surface area contributed by atoms with Gasteiger partial charge in [-0.1, -0.05) is 18.2 Å². The first-order valence-corrected chi connectivity index (χ1v) is 9.52. The van der Waals surface area contributed by atoms with Gasteiger partial charge in [0, 0.05) is 6.07 Å². The standard InChI is InChI=1S/C17H18N4O3S/c1-24-15-7-2-4-12(19-15)10-18-17-20-16-13(11-8-9-11)5-3-6-14(16)25(22,23)21-17/h2-7,11H,8-10H2,1H3,(H2,18,20,21). The molecule has 0 saturated heterocycles. The fourth-order valence-corrected chi connectivity index (χ4v) is 4.03. The van der Waals surface area contributed by atoms with E-state index in [1.165, 1.54) is 0 Å². The van der Waals surface area contributed by atoms with Crippen molar-refractivity contribution in [3.8, 4) is 5.88 Å². The number of guanidine groups is 1. The number of fused-ring (bicyclic) bond motifs is 1. The minimum Gasteiger partial charge on any atom is -0.481 e. The lowest BCUT2D eigenvalue weighted by Gasteiger charge is -2.23. The molecule has 0 bridgehead atoms. The summed E-state index contributed by atoms with van der Waals surface area (Å²) in [4.78, 5) is 8.89. The number of anilines is 1. The predicted molar refractivity (Wildman–Crippen MR) is 94.3 cm³/mol. The first kappa shape index (κ1) is 15.9. The first-order valence-electron chi connectivity index (χ1n) is 8.04. The van der Waals surface area contributed by atoms with Gasteiger partial charge in [0.2, 0.25) is 11.8 Å². The molecule has 2 aliphatic rings. The fraction of sp³-hybridized carbons (Fsp3) is 0.294. The number of benzene rings is 1. The Hall–Kier alpha value is -2.61. The van der Waals surface area contributed by atoms with Gasteiger partial charge in [-0.15, -0.1) is 0 Å². The van der Waals surface area contributed by atoms with E-state index in [0.29, 0.717) is 23.2 Å². The molecule has 0 amide bonds. The van der Waals surface area contributed by atoms with Crippen LogP contribution in [0.2, 0.25) is 0 Å². The molecule has 1 fully saturated rings. The first-order chi connectivity index (χ1) is 12.1. The lowest BCUT2D eigenvalue weighted by Crippen LogP contribution is -2.41. The highest BCUT2D eigenvalue weighted by Crippen LogP contribution is 2.45. The van der Waals surface area contributed by atoms with E-state index in [1.54, 1.807) is 25.3 Å². The number of methoxy groups -OCH3 is 1. The molecule has 1 aromatic carbocycles. The average molecular weight is 358 g/mol. The van der Waals surface area contributed by atoms with Gasteiger partial charge in [-0.05, 0) is 36.5 Å². The zero-order valence-electron chi connectivity index (χ0n) is 13.7. The van der Waals surface area contributed by atoms with Gasteiger partial charge in [-0.25, -0.2) is 23.1 Å². The van der Waals surface area contributed by atoms with E-state index in [4.69, 9.17) is 4.74 Å². The van der Waals surface area contributed by atoms with Gasteiger partial charge in [0.15, 0.2) is 0 Å². The number of rotatable bonds is 4. The maximum Gasteiger partial charge on any atom is 0.266 e. The summed E-state index contributed by atoms with van der Waals surface area (Å²) < 4.78 is 32.6. The van der Waals surface area contributed by atoms with Crippen LogP contribution in [0.25, 0.3) is 0 Å². The van der Waals surface area contributed by atoms with Crippen molar-refractivity contribution in [2.24, 2.45) is 4.99 Å². The largest absolute Gasteiger partial charge is 0.481 e. The van der Waals surface area contributed by atoms with Crippen LogP contribution in [0.5, 0.6) is 5.88 Å². The molecule has 7 nitrogen and oxygen atoms in total. The molecule has 0 spiro atoms. The molecule has 0 unspecified atom stereocenters. The highest BCUT2D eigenvalue weighted by Gasteiger charge is 2.33. The number of hydrogen-bond acceptors (Lipinski definition) is 5. The third kappa shape index (κ3) is 3.17. The van der Waals surface area contributed by atoms with Crippen LogP contribution in [0.15, 0.2) is 46.3 Å². The number of nitrogens with one attached hydrogen (secondary N) is 2. The van der Waals surface area contributed by atoms with Gasteiger partial charge in [0.25, 0.3) is 10.0 Å². The molecule has 2 heterocycles. The average Bonchev–Trinajstić information content (AvgIpc) is 3.44. The Kier molecular flexibility index (Phi) is 3.84. The molecule has 130 valence electrons. The van der Waals surface area contributed by atoms with E-state index in [1.807, 2.05) is 18.2 Å². The molecule has 2 aromatic rings. The maximum absolute atomic E-state index is 12.5. The smallest absolute Gasteiger partial charge is 0.266 e. The number of sulfonamides is 1. The Morgan fingerprint density at radius 2 is 2.04 bits per heavy atom. The molecule has 0 atom stereocenters. The van der Waals surface area contributed by atoms with Crippen molar-refractivity contribution in [1.29, 1.82) is 0 Å². The van der Waals surface area contributed by atoms with E-state index in [9.17, 15) is 8.42 Å². The minimum absolute atomic E-state index is 0.213. The van der Waals surface area contributed by atoms with Crippen molar-refractivity contribution in [1.82, 2.24) is 9.71 Å². The monoisotopic (exact) mass is 358 g/mol. The maximum atomic E-state index is 12.5. The number of nitrogens with zero attached hydrogens (tertiary/aromatic N) is 2. The van der Waals surface area contributed by atoms with Crippen LogP contribution in [-0.2, 0) is 16.6 Å². The zero-order valence-corrected chi connectivity index (χ0v) is 14.5. The van der Waals surface area contributed by atoms with Crippen LogP contribution >= 0.6 is 0 Å². The van der Waals surface area contributed by atoms with Crippen molar-refractivity contribution in [2.75, 3.05) is 12.4 Å². The quantitative estimate of drug-likeness (QED) is 0.874. The fourth-order valence-electron chi connectivity index (χ4n) is 2.86. The Bertz CT molecular complexity index is 952. The van der Waals surface area contributed by atoms with Gasteiger partial charge in [0.05, 0.1) is 25.0 Å². The van der Waals surface area contributed by atoms with E-state index in [0.717, 1.165) is 18.4 Å². The molecule has 1 aliphatic heterocycles. The van der Waals surface area contributed by atoms with Crippen molar-refractivity contribution in [3.05, 3.63) is 47.7 Å². The van der Waals surface area contributed by atoms with Gasteiger partial charge >= 0.3 is 0 Å². The number of ether oxygens (including phenoxy) is 1. The van der Waals surface area contributed by atoms with Crippen molar-refractivity contribution in [3.63, 3.8) is 0 Å². The zero-order chi connectivity index (χ0) is 17.4. The van der Waals surface area contributed by atoms with Crippen molar-refractivity contribution >= 4 is 21.7 Å². The summed E-state index contributed by atoms with van der Waals surface area (Å²) in [6, 6.07) is 10.8. The minimum atomic E-state index is -3.63. The topological polar surface area (TPSA) is 92.7 Å². The van der Waals surface area contributed by atoms with E-state index >= 15 is 0 Å².